The van der Waals surface area contributed by atoms with Gasteiger partial charge in [-0.05, 0) is 30.9 Å². The lowest BCUT2D eigenvalue weighted by Crippen LogP contribution is -2.24. The summed E-state index contributed by atoms with van der Waals surface area (Å²) in [6.45, 7) is 1.67. The second-order valence-corrected chi connectivity index (χ2v) is 7.13. The molecule has 0 saturated carbocycles. The van der Waals surface area contributed by atoms with Crippen molar-refractivity contribution in [3.8, 4) is 5.75 Å². The fourth-order valence-electron chi connectivity index (χ4n) is 1.97. The van der Waals surface area contributed by atoms with Crippen molar-refractivity contribution in [3.63, 3.8) is 0 Å². The maximum atomic E-state index is 11.4. The van der Waals surface area contributed by atoms with Gasteiger partial charge >= 0.3 is 0 Å². The Morgan fingerprint density at radius 3 is 2.63 bits per heavy atom. The van der Waals surface area contributed by atoms with E-state index in [2.05, 4.69) is 0 Å². The number of sulfone groups is 1. The van der Waals surface area contributed by atoms with Crippen molar-refractivity contribution in [3.05, 3.63) is 29.8 Å². The van der Waals surface area contributed by atoms with Crippen LogP contribution in [-0.4, -0.2) is 33.1 Å². The van der Waals surface area contributed by atoms with Crippen molar-refractivity contribution in [1.29, 1.82) is 0 Å². The molecule has 0 aliphatic carbocycles. The van der Waals surface area contributed by atoms with Crippen molar-refractivity contribution in [2.45, 2.75) is 32.2 Å². The van der Waals surface area contributed by atoms with E-state index in [0.717, 1.165) is 11.3 Å². The summed E-state index contributed by atoms with van der Waals surface area (Å²) in [5.41, 5.74) is 7.12. The van der Waals surface area contributed by atoms with Crippen molar-refractivity contribution < 1.29 is 13.2 Å². The standard InChI is InChI=1S/C14H23NO3S/c1-3-19(16,17)10-6-8-13(15)11-12-7-4-5-9-14(12)18-2/h4-5,7,9,13H,3,6,8,10-11,15H2,1-2H3. The molecule has 0 spiro atoms. The molecule has 2 N–H and O–H groups in total. The first kappa shape index (κ1) is 16.0. The van der Waals surface area contributed by atoms with Gasteiger partial charge in [-0.3, -0.25) is 0 Å². The van der Waals surface area contributed by atoms with Gasteiger partial charge in [-0.1, -0.05) is 25.1 Å². The molecule has 1 rings (SSSR count). The van der Waals surface area contributed by atoms with Gasteiger partial charge in [0, 0.05) is 11.8 Å². The van der Waals surface area contributed by atoms with E-state index in [1.807, 2.05) is 24.3 Å². The Morgan fingerprint density at radius 2 is 2.00 bits per heavy atom. The zero-order chi connectivity index (χ0) is 14.3. The van der Waals surface area contributed by atoms with E-state index in [9.17, 15) is 8.42 Å². The summed E-state index contributed by atoms with van der Waals surface area (Å²) in [4.78, 5) is 0. The van der Waals surface area contributed by atoms with Crippen LogP contribution in [0.4, 0.5) is 0 Å². The maximum Gasteiger partial charge on any atom is 0.150 e. The third-order valence-corrected chi connectivity index (χ3v) is 4.94. The van der Waals surface area contributed by atoms with Crippen LogP contribution in [0.5, 0.6) is 5.75 Å². The highest BCUT2D eigenvalue weighted by Gasteiger charge is 2.11. The van der Waals surface area contributed by atoms with E-state index in [1.54, 1.807) is 14.0 Å². The van der Waals surface area contributed by atoms with Gasteiger partial charge in [-0.25, -0.2) is 8.42 Å². The first-order valence-corrected chi connectivity index (χ1v) is 8.38. The van der Waals surface area contributed by atoms with E-state index in [-0.39, 0.29) is 17.5 Å². The van der Waals surface area contributed by atoms with Gasteiger partial charge in [0.05, 0.1) is 12.9 Å². The molecular formula is C14H23NO3S. The smallest absolute Gasteiger partial charge is 0.150 e. The molecule has 0 aliphatic heterocycles. The number of hydrogen-bond donors (Lipinski definition) is 1. The van der Waals surface area contributed by atoms with E-state index in [0.29, 0.717) is 19.3 Å². The van der Waals surface area contributed by atoms with Crippen LogP contribution in [0.3, 0.4) is 0 Å². The lowest BCUT2D eigenvalue weighted by atomic mass is 10.0. The average molecular weight is 285 g/mol. The maximum absolute atomic E-state index is 11.4. The molecule has 108 valence electrons. The predicted molar refractivity (Wildman–Crippen MR) is 78.2 cm³/mol. The Labute approximate surface area is 115 Å². The summed E-state index contributed by atoms with van der Waals surface area (Å²) in [5.74, 6) is 1.26. The summed E-state index contributed by atoms with van der Waals surface area (Å²) in [6, 6.07) is 7.72. The Balaban J connectivity index is 2.45. The number of para-hydroxylation sites is 1. The Hall–Kier alpha value is -1.07. The van der Waals surface area contributed by atoms with Crippen LogP contribution in [0.15, 0.2) is 24.3 Å². The second-order valence-electron chi connectivity index (χ2n) is 4.65. The van der Waals surface area contributed by atoms with Crippen LogP contribution in [0.1, 0.15) is 25.3 Å². The highest BCUT2D eigenvalue weighted by molar-refractivity contribution is 7.91. The molecule has 0 bridgehead atoms. The molecule has 5 heteroatoms. The van der Waals surface area contributed by atoms with Gasteiger partial charge in [0.15, 0.2) is 0 Å². The number of nitrogens with two attached hydrogens (primary N) is 1. The van der Waals surface area contributed by atoms with E-state index < -0.39 is 9.84 Å². The fourth-order valence-corrected chi connectivity index (χ4v) is 2.86. The molecule has 0 amide bonds. The number of methoxy groups -OCH3 is 1. The van der Waals surface area contributed by atoms with E-state index in [4.69, 9.17) is 10.5 Å². The van der Waals surface area contributed by atoms with Crippen molar-refractivity contribution in [2.24, 2.45) is 5.73 Å². The molecule has 0 aliphatic rings. The topological polar surface area (TPSA) is 69.4 Å². The molecule has 4 nitrogen and oxygen atoms in total. The summed E-state index contributed by atoms with van der Waals surface area (Å²) in [7, 11) is -1.24. The quantitative estimate of drug-likeness (QED) is 0.790. The van der Waals surface area contributed by atoms with Gasteiger partial charge in [-0.15, -0.1) is 0 Å². The lowest BCUT2D eigenvalue weighted by Gasteiger charge is -2.14. The van der Waals surface area contributed by atoms with Crippen LogP contribution >= 0.6 is 0 Å². The molecule has 1 aromatic carbocycles. The van der Waals surface area contributed by atoms with Gasteiger partial charge < -0.3 is 10.5 Å². The van der Waals surface area contributed by atoms with Crippen LogP contribution in [0.25, 0.3) is 0 Å². The first-order valence-electron chi connectivity index (χ1n) is 6.56. The fraction of sp³-hybridized carbons (Fsp3) is 0.571. The molecule has 0 heterocycles. The lowest BCUT2D eigenvalue weighted by molar-refractivity contribution is 0.407. The number of rotatable bonds is 8. The Kier molecular flexibility index (Phi) is 6.31. The molecule has 1 unspecified atom stereocenters. The van der Waals surface area contributed by atoms with E-state index in [1.165, 1.54) is 0 Å². The summed E-state index contributed by atoms with van der Waals surface area (Å²) < 4.78 is 28.0. The number of hydrogen-bond acceptors (Lipinski definition) is 4. The summed E-state index contributed by atoms with van der Waals surface area (Å²) in [5, 5.41) is 0. The first-order chi connectivity index (χ1) is 8.98. The minimum absolute atomic E-state index is 0.0386. The van der Waals surface area contributed by atoms with Crippen LogP contribution in [0.2, 0.25) is 0 Å². The van der Waals surface area contributed by atoms with Gasteiger partial charge in [-0.2, -0.15) is 0 Å². The van der Waals surface area contributed by atoms with Gasteiger partial charge in [0.1, 0.15) is 15.6 Å². The molecule has 0 aromatic heterocycles. The number of benzene rings is 1. The van der Waals surface area contributed by atoms with Crippen LogP contribution in [0, 0.1) is 0 Å². The van der Waals surface area contributed by atoms with Gasteiger partial charge in [0.2, 0.25) is 0 Å². The van der Waals surface area contributed by atoms with Crippen molar-refractivity contribution in [1.82, 2.24) is 0 Å². The largest absolute Gasteiger partial charge is 0.496 e. The van der Waals surface area contributed by atoms with Crippen LogP contribution in [-0.2, 0) is 16.3 Å². The third-order valence-electron chi connectivity index (χ3n) is 3.14. The Morgan fingerprint density at radius 1 is 1.32 bits per heavy atom. The molecule has 0 saturated heterocycles. The minimum atomic E-state index is -2.88. The summed E-state index contributed by atoms with van der Waals surface area (Å²) >= 11 is 0. The zero-order valence-electron chi connectivity index (χ0n) is 11.6. The monoisotopic (exact) mass is 285 g/mol. The average Bonchev–Trinajstić information content (AvgIpc) is 2.39. The highest BCUT2D eigenvalue weighted by atomic mass is 32.2. The molecular weight excluding hydrogens is 262 g/mol. The zero-order valence-corrected chi connectivity index (χ0v) is 12.4. The molecule has 1 atom stereocenters. The molecule has 1 aromatic rings. The second kappa shape index (κ2) is 7.50. The molecule has 0 radical (unpaired) electrons. The minimum Gasteiger partial charge on any atom is -0.496 e. The highest BCUT2D eigenvalue weighted by Crippen LogP contribution is 2.19. The van der Waals surface area contributed by atoms with Gasteiger partial charge in [0.25, 0.3) is 0 Å². The normalized spacial score (nSPS) is 13.2. The molecule has 0 fully saturated rings. The third kappa shape index (κ3) is 5.61. The molecule has 19 heavy (non-hydrogen) atoms. The summed E-state index contributed by atoms with van der Waals surface area (Å²) in [6.07, 6.45) is 2.03. The van der Waals surface area contributed by atoms with Crippen LogP contribution < -0.4 is 10.5 Å². The Bertz CT molecular complexity index is 485. The van der Waals surface area contributed by atoms with E-state index >= 15 is 0 Å². The predicted octanol–water partition coefficient (Wildman–Crippen LogP) is 1.78. The van der Waals surface area contributed by atoms with Crippen molar-refractivity contribution in [2.75, 3.05) is 18.6 Å². The van der Waals surface area contributed by atoms with Crippen molar-refractivity contribution >= 4 is 9.84 Å². The number of ether oxygens (including phenoxy) is 1. The SMILES string of the molecule is CCS(=O)(=O)CCCC(N)Cc1ccccc1OC.